The van der Waals surface area contributed by atoms with Gasteiger partial charge in [-0.3, -0.25) is 4.90 Å². The van der Waals surface area contributed by atoms with Gasteiger partial charge < -0.3 is 20.3 Å². The third-order valence-electron chi connectivity index (χ3n) is 3.38. The molecule has 1 fully saturated rings. The lowest BCUT2D eigenvalue weighted by molar-refractivity contribution is 0.0261. The van der Waals surface area contributed by atoms with Gasteiger partial charge in [0.05, 0.1) is 25.4 Å². The lowest BCUT2D eigenvalue weighted by atomic mass is 10.1. The molecule has 0 spiro atoms. The summed E-state index contributed by atoms with van der Waals surface area (Å²) in [6, 6.07) is -0.212. The molecule has 0 radical (unpaired) electrons. The van der Waals surface area contributed by atoms with Crippen LogP contribution in [-0.4, -0.2) is 68.2 Å². The van der Waals surface area contributed by atoms with Crippen LogP contribution >= 0.6 is 0 Å². The molecular formula is C12H26N2O3. The van der Waals surface area contributed by atoms with Crippen LogP contribution in [0.2, 0.25) is 0 Å². The molecule has 0 aromatic carbocycles. The van der Waals surface area contributed by atoms with Gasteiger partial charge in [0.15, 0.2) is 0 Å². The van der Waals surface area contributed by atoms with E-state index in [9.17, 15) is 5.11 Å². The molecule has 0 aliphatic carbocycles. The Morgan fingerprint density at radius 1 is 1.59 bits per heavy atom. The number of hydrogen-bond donors (Lipinski definition) is 2. The van der Waals surface area contributed by atoms with E-state index in [0.717, 1.165) is 32.5 Å². The Labute approximate surface area is 104 Å². The van der Waals surface area contributed by atoms with Crippen molar-refractivity contribution >= 4 is 0 Å². The molecule has 3 atom stereocenters. The van der Waals surface area contributed by atoms with Crippen LogP contribution in [0.5, 0.6) is 0 Å². The van der Waals surface area contributed by atoms with E-state index < -0.39 is 0 Å². The van der Waals surface area contributed by atoms with Gasteiger partial charge in [0.1, 0.15) is 0 Å². The van der Waals surface area contributed by atoms with Crippen LogP contribution in [-0.2, 0) is 9.47 Å². The zero-order chi connectivity index (χ0) is 12.7. The number of rotatable bonds is 8. The first-order valence-electron chi connectivity index (χ1n) is 6.43. The topological polar surface area (TPSA) is 68.0 Å². The van der Waals surface area contributed by atoms with Gasteiger partial charge in [-0.2, -0.15) is 0 Å². The molecule has 0 aromatic rings. The molecule has 0 bridgehead atoms. The molecule has 3 N–H and O–H groups in total. The van der Waals surface area contributed by atoms with Gasteiger partial charge in [0.2, 0.25) is 0 Å². The number of nitrogens with zero attached hydrogens (tertiary/aromatic N) is 1. The number of likely N-dealkylation sites (N-methyl/N-ethyl adjacent to an activating group) is 1. The lowest BCUT2D eigenvalue weighted by Gasteiger charge is -2.34. The van der Waals surface area contributed by atoms with Gasteiger partial charge in [0.25, 0.3) is 0 Å². The van der Waals surface area contributed by atoms with Crippen LogP contribution in [0.25, 0.3) is 0 Å². The fourth-order valence-electron chi connectivity index (χ4n) is 2.37. The number of aliphatic hydroxyl groups is 1. The van der Waals surface area contributed by atoms with E-state index in [4.69, 9.17) is 15.2 Å². The maximum absolute atomic E-state index is 9.48. The van der Waals surface area contributed by atoms with Crippen molar-refractivity contribution < 1.29 is 14.6 Å². The van der Waals surface area contributed by atoms with Crippen molar-refractivity contribution in [1.29, 1.82) is 0 Å². The zero-order valence-electron chi connectivity index (χ0n) is 11.0. The van der Waals surface area contributed by atoms with Crippen molar-refractivity contribution in [2.75, 3.05) is 40.0 Å². The number of hydrogen-bond acceptors (Lipinski definition) is 5. The normalized spacial score (nSPS) is 24.2. The Morgan fingerprint density at radius 3 is 2.82 bits per heavy atom. The number of aliphatic hydroxyl groups excluding tert-OH is 1. The molecule has 1 heterocycles. The summed E-state index contributed by atoms with van der Waals surface area (Å²) in [5, 5.41) is 9.48. The van der Waals surface area contributed by atoms with E-state index in [2.05, 4.69) is 11.8 Å². The average molecular weight is 246 g/mol. The van der Waals surface area contributed by atoms with E-state index >= 15 is 0 Å². The molecule has 3 unspecified atom stereocenters. The monoisotopic (exact) mass is 246 g/mol. The van der Waals surface area contributed by atoms with Gasteiger partial charge >= 0.3 is 0 Å². The second-order valence-electron chi connectivity index (χ2n) is 4.59. The van der Waals surface area contributed by atoms with E-state index in [0.29, 0.717) is 12.7 Å². The third kappa shape index (κ3) is 4.52. The van der Waals surface area contributed by atoms with Crippen LogP contribution in [0.4, 0.5) is 0 Å². The summed E-state index contributed by atoms with van der Waals surface area (Å²) in [6.45, 7) is 5.17. The average Bonchev–Trinajstić information content (AvgIpc) is 2.81. The Kier molecular flexibility index (Phi) is 6.99. The second-order valence-corrected chi connectivity index (χ2v) is 4.59. The first kappa shape index (κ1) is 14.9. The van der Waals surface area contributed by atoms with Crippen LogP contribution in [0.3, 0.4) is 0 Å². The highest BCUT2D eigenvalue weighted by molar-refractivity contribution is 4.83. The molecule has 0 amide bonds. The molecule has 17 heavy (non-hydrogen) atoms. The minimum Gasteiger partial charge on any atom is -0.395 e. The van der Waals surface area contributed by atoms with Crippen molar-refractivity contribution in [3.8, 4) is 0 Å². The summed E-state index contributed by atoms with van der Waals surface area (Å²) in [5.41, 5.74) is 6.02. The lowest BCUT2D eigenvalue weighted by Crippen LogP contribution is -2.53. The summed E-state index contributed by atoms with van der Waals surface area (Å²) < 4.78 is 10.7. The molecule has 0 aromatic heterocycles. The Bertz CT molecular complexity index is 198. The molecule has 1 aliphatic rings. The summed E-state index contributed by atoms with van der Waals surface area (Å²) >= 11 is 0. The standard InChI is InChI=1S/C12H26N2O3/c1-3-14(7-10-5-4-6-17-10)12(8-15)11(13)9-16-2/h10-12,15H,3-9,13H2,1-2H3. The first-order valence-corrected chi connectivity index (χ1v) is 6.43. The van der Waals surface area contributed by atoms with Crippen molar-refractivity contribution in [3.05, 3.63) is 0 Å². The highest BCUT2D eigenvalue weighted by Crippen LogP contribution is 2.15. The van der Waals surface area contributed by atoms with Gasteiger partial charge in [-0.25, -0.2) is 0 Å². The van der Waals surface area contributed by atoms with E-state index in [1.807, 2.05) is 0 Å². The van der Waals surface area contributed by atoms with Crippen molar-refractivity contribution in [1.82, 2.24) is 4.90 Å². The maximum Gasteiger partial charge on any atom is 0.0702 e. The van der Waals surface area contributed by atoms with Crippen LogP contribution in [0, 0.1) is 0 Å². The van der Waals surface area contributed by atoms with E-state index in [1.54, 1.807) is 7.11 Å². The predicted molar refractivity (Wildman–Crippen MR) is 66.9 cm³/mol. The minimum atomic E-state index is -0.161. The molecule has 5 nitrogen and oxygen atoms in total. The van der Waals surface area contributed by atoms with Gasteiger partial charge in [0, 0.05) is 26.3 Å². The molecular weight excluding hydrogens is 220 g/mol. The summed E-state index contributed by atoms with van der Waals surface area (Å²) in [4.78, 5) is 2.19. The smallest absolute Gasteiger partial charge is 0.0702 e. The quantitative estimate of drug-likeness (QED) is 0.622. The Balaban J connectivity index is 2.48. The largest absolute Gasteiger partial charge is 0.395 e. The van der Waals surface area contributed by atoms with Crippen molar-refractivity contribution in [2.45, 2.75) is 38.0 Å². The molecule has 1 aliphatic heterocycles. The molecule has 102 valence electrons. The van der Waals surface area contributed by atoms with Gasteiger partial charge in [-0.05, 0) is 19.4 Å². The number of ether oxygens (including phenoxy) is 2. The number of methoxy groups -OCH3 is 1. The molecule has 5 heteroatoms. The van der Waals surface area contributed by atoms with Gasteiger partial charge in [-0.15, -0.1) is 0 Å². The van der Waals surface area contributed by atoms with Crippen LogP contribution < -0.4 is 5.73 Å². The molecule has 1 rings (SSSR count). The minimum absolute atomic E-state index is 0.0517. The van der Waals surface area contributed by atoms with Crippen LogP contribution in [0.15, 0.2) is 0 Å². The predicted octanol–water partition coefficient (Wildman–Crippen LogP) is -0.178. The second kappa shape index (κ2) is 8.00. The van der Waals surface area contributed by atoms with Crippen molar-refractivity contribution in [3.63, 3.8) is 0 Å². The SMILES string of the molecule is CCN(CC1CCCO1)C(CO)C(N)COC. The van der Waals surface area contributed by atoms with E-state index in [-0.39, 0.29) is 18.7 Å². The first-order chi connectivity index (χ1) is 8.22. The Hall–Kier alpha value is -0.200. The summed E-state index contributed by atoms with van der Waals surface area (Å²) in [6.07, 6.45) is 2.53. The van der Waals surface area contributed by atoms with Crippen molar-refractivity contribution in [2.24, 2.45) is 5.73 Å². The summed E-state index contributed by atoms with van der Waals surface area (Å²) in [7, 11) is 1.63. The van der Waals surface area contributed by atoms with Gasteiger partial charge in [-0.1, -0.05) is 6.92 Å². The zero-order valence-corrected chi connectivity index (χ0v) is 11.0. The number of nitrogens with two attached hydrogens (primary N) is 1. The maximum atomic E-state index is 9.48. The fourth-order valence-corrected chi connectivity index (χ4v) is 2.37. The van der Waals surface area contributed by atoms with Crippen LogP contribution in [0.1, 0.15) is 19.8 Å². The molecule has 0 saturated carbocycles. The third-order valence-corrected chi connectivity index (χ3v) is 3.38. The summed E-state index contributed by atoms with van der Waals surface area (Å²) in [5.74, 6) is 0. The van der Waals surface area contributed by atoms with E-state index in [1.165, 1.54) is 0 Å². The fraction of sp³-hybridized carbons (Fsp3) is 1.00. The highest BCUT2D eigenvalue weighted by atomic mass is 16.5. The molecule has 1 saturated heterocycles. The highest BCUT2D eigenvalue weighted by Gasteiger charge is 2.27. The Morgan fingerprint density at radius 2 is 2.35 bits per heavy atom.